The third-order valence-corrected chi connectivity index (χ3v) is 4.49. The number of nitrogens with zero attached hydrogens (tertiary/aromatic N) is 2. The maximum atomic E-state index is 10.2. The van der Waals surface area contributed by atoms with E-state index in [1.165, 1.54) is 5.69 Å². The normalized spacial score (nSPS) is 12.6. The summed E-state index contributed by atoms with van der Waals surface area (Å²) in [5.41, 5.74) is 3.30. The number of aromatic nitrogens is 2. The molecular formula is C16H21BrN2O. The summed E-state index contributed by atoms with van der Waals surface area (Å²) in [5, 5.41) is 14.6. The molecule has 1 unspecified atom stereocenters. The van der Waals surface area contributed by atoms with E-state index in [0.717, 1.165) is 41.4 Å². The van der Waals surface area contributed by atoms with E-state index in [1.807, 2.05) is 42.1 Å². The minimum Gasteiger partial charge on any atom is -0.388 e. The summed E-state index contributed by atoms with van der Waals surface area (Å²) in [6.07, 6.45) is 3.18. The molecule has 0 amide bonds. The fraction of sp³-hybridized carbons (Fsp3) is 0.438. The van der Waals surface area contributed by atoms with Crippen molar-refractivity contribution in [3.05, 3.63) is 51.8 Å². The lowest BCUT2D eigenvalue weighted by Crippen LogP contribution is -2.02. The monoisotopic (exact) mass is 336 g/mol. The van der Waals surface area contributed by atoms with Gasteiger partial charge in [0.2, 0.25) is 0 Å². The Morgan fingerprint density at radius 1 is 1.30 bits per heavy atom. The summed E-state index contributed by atoms with van der Waals surface area (Å²) in [7, 11) is 1.98. The number of hydrogen-bond donors (Lipinski definition) is 1. The molecule has 0 aliphatic rings. The molecule has 1 atom stereocenters. The van der Waals surface area contributed by atoms with Crippen molar-refractivity contribution in [2.24, 2.45) is 7.05 Å². The van der Waals surface area contributed by atoms with Gasteiger partial charge in [0.15, 0.2) is 0 Å². The lowest BCUT2D eigenvalue weighted by atomic mass is 10.0. The SMILES string of the molecule is CCc1nn(C)c(CCCC(O)c2ccccc2)c1Br. The van der Waals surface area contributed by atoms with E-state index in [1.54, 1.807) is 0 Å². The fourth-order valence-electron chi connectivity index (χ4n) is 2.40. The highest BCUT2D eigenvalue weighted by Crippen LogP contribution is 2.25. The molecule has 3 nitrogen and oxygen atoms in total. The van der Waals surface area contributed by atoms with Gasteiger partial charge in [-0.3, -0.25) is 4.68 Å². The molecule has 20 heavy (non-hydrogen) atoms. The molecule has 0 fully saturated rings. The second kappa shape index (κ2) is 7.04. The van der Waals surface area contributed by atoms with Crippen molar-refractivity contribution in [3.63, 3.8) is 0 Å². The molecule has 1 aromatic heterocycles. The van der Waals surface area contributed by atoms with Gasteiger partial charge in [0.05, 0.1) is 22.0 Å². The predicted molar refractivity (Wildman–Crippen MR) is 84.6 cm³/mol. The topological polar surface area (TPSA) is 38.0 Å². The molecule has 4 heteroatoms. The van der Waals surface area contributed by atoms with Crippen molar-refractivity contribution in [2.45, 2.75) is 38.7 Å². The van der Waals surface area contributed by atoms with Crippen LogP contribution >= 0.6 is 15.9 Å². The first-order chi connectivity index (χ1) is 9.63. The van der Waals surface area contributed by atoms with E-state index in [-0.39, 0.29) is 6.10 Å². The van der Waals surface area contributed by atoms with Gasteiger partial charge >= 0.3 is 0 Å². The first-order valence-corrected chi connectivity index (χ1v) is 7.86. The minimum atomic E-state index is -0.381. The molecule has 0 saturated heterocycles. The van der Waals surface area contributed by atoms with Crippen molar-refractivity contribution in [1.82, 2.24) is 9.78 Å². The van der Waals surface area contributed by atoms with Crippen LogP contribution in [0.25, 0.3) is 0 Å². The standard InChI is InChI=1S/C16H21BrN2O/c1-3-13-16(17)14(19(2)18-13)10-7-11-15(20)12-8-5-4-6-9-12/h4-6,8-9,15,20H,3,7,10-11H2,1-2H3. The highest BCUT2D eigenvalue weighted by Gasteiger charge is 2.13. The number of aryl methyl sites for hydroxylation is 2. The van der Waals surface area contributed by atoms with E-state index in [4.69, 9.17) is 0 Å². The van der Waals surface area contributed by atoms with Gasteiger partial charge in [-0.2, -0.15) is 5.10 Å². The molecule has 2 aromatic rings. The number of aliphatic hydroxyl groups excluding tert-OH is 1. The molecule has 0 radical (unpaired) electrons. The predicted octanol–water partition coefficient (Wildman–Crippen LogP) is 3.80. The van der Waals surface area contributed by atoms with Gasteiger partial charge in [-0.25, -0.2) is 0 Å². The summed E-state index contributed by atoms with van der Waals surface area (Å²) in [4.78, 5) is 0. The zero-order chi connectivity index (χ0) is 14.5. The van der Waals surface area contributed by atoms with Crippen LogP contribution in [-0.2, 0) is 19.9 Å². The van der Waals surface area contributed by atoms with Crippen LogP contribution < -0.4 is 0 Å². The van der Waals surface area contributed by atoms with Crippen LogP contribution in [0.2, 0.25) is 0 Å². The quantitative estimate of drug-likeness (QED) is 0.871. The largest absolute Gasteiger partial charge is 0.388 e. The zero-order valence-electron chi connectivity index (χ0n) is 12.0. The van der Waals surface area contributed by atoms with Crippen molar-refractivity contribution in [1.29, 1.82) is 0 Å². The Labute approximate surface area is 128 Å². The summed E-state index contributed by atoms with van der Waals surface area (Å²) in [6.45, 7) is 2.11. The second-order valence-corrected chi connectivity index (χ2v) is 5.80. The summed E-state index contributed by atoms with van der Waals surface area (Å²) < 4.78 is 3.06. The van der Waals surface area contributed by atoms with Crippen LogP contribution in [0.4, 0.5) is 0 Å². The van der Waals surface area contributed by atoms with Crippen LogP contribution in [-0.4, -0.2) is 14.9 Å². The van der Waals surface area contributed by atoms with E-state index >= 15 is 0 Å². The molecule has 2 rings (SSSR count). The van der Waals surface area contributed by atoms with Gasteiger partial charge in [-0.15, -0.1) is 0 Å². The fourth-order valence-corrected chi connectivity index (χ4v) is 3.21. The van der Waals surface area contributed by atoms with Crippen molar-refractivity contribution in [2.75, 3.05) is 0 Å². The van der Waals surface area contributed by atoms with Crippen molar-refractivity contribution < 1.29 is 5.11 Å². The van der Waals surface area contributed by atoms with Crippen LogP contribution in [0.1, 0.15) is 42.8 Å². The zero-order valence-corrected chi connectivity index (χ0v) is 13.6. The van der Waals surface area contributed by atoms with Crippen LogP contribution in [0.5, 0.6) is 0 Å². The van der Waals surface area contributed by atoms with Crippen molar-refractivity contribution >= 4 is 15.9 Å². The Hall–Kier alpha value is -1.13. The minimum absolute atomic E-state index is 0.381. The number of aliphatic hydroxyl groups is 1. The lowest BCUT2D eigenvalue weighted by Gasteiger charge is -2.10. The Balaban J connectivity index is 1.92. The van der Waals surface area contributed by atoms with Gasteiger partial charge in [0.25, 0.3) is 0 Å². The molecule has 0 saturated carbocycles. The molecule has 0 aliphatic heterocycles. The van der Waals surface area contributed by atoms with Gasteiger partial charge in [0.1, 0.15) is 0 Å². The molecule has 1 N–H and O–H groups in total. The molecule has 0 spiro atoms. The summed E-state index contributed by atoms with van der Waals surface area (Å²) >= 11 is 3.63. The highest BCUT2D eigenvalue weighted by molar-refractivity contribution is 9.10. The van der Waals surface area contributed by atoms with E-state index in [2.05, 4.69) is 28.0 Å². The molecule has 0 aliphatic carbocycles. The number of benzene rings is 1. The summed E-state index contributed by atoms with van der Waals surface area (Å²) in [5.74, 6) is 0. The van der Waals surface area contributed by atoms with Gasteiger partial charge in [0, 0.05) is 7.05 Å². The van der Waals surface area contributed by atoms with E-state index < -0.39 is 0 Å². The van der Waals surface area contributed by atoms with Gasteiger partial charge in [-0.05, 0) is 47.2 Å². The van der Waals surface area contributed by atoms with Crippen LogP contribution in [0.15, 0.2) is 34.8 Å². The first kappa shape index (κ1) is 15.3. The first-order valence-electron chi connectivity index (χ1n) is 7.06. The molecule has 1 aromatic carbocycles. The lowest BCUT2D eigenvalue weighted by molar-refractivity contribution is 0.164. The van der Waals surface area contributed by atoms with Gasteiger partial charge in [-0.1, -0.05) is 37.3 Å². The summed E-state index contributed by atoms with van der Waals surface area (Å²) in [6, 6.07) is 9.84. The number of halogens is 1. The van der Waals surface area contributed by atoms with E-state index in [0.29, 0.717) is 0 Å². The average molecular weight is 337 g/mol. The Morgan fingerprint density at radius 2 is 2.00 bits per heavy atom. The van der Waals surface area contributed by atoms with Gasteiger partial charge < -0.3 is 5.11 Å². The molecule has 108 valence electrons. The molecule has 0 bridgehead atoms. The van der Waals surface area contributed by atoms with Crippen LogP contribution in [0.3, 0.4) is 0 Å². The highest BCUT2D eigenvalue weighted by atomic mass is 79.9. The Morgan fingerprint density at radius 3 is 2.60 bits per heavy atom. The smallest absolute Gasteiger partial charge is 0.0790 e. The number of hydrogen-bond acceptors (Lipinski definition) is 2. The third kappa shape index (κ3) is 3.49. The van der Waals surface area contributed by atoms with E-state index in [9.17, 15) is 5.11 Å². The second-order valence-electron chi connectivity index (χ2n) is 5.00. The molecule has 1 heterocycles. The number of rotatable bonds is 6. The van der Waals surface area contributed by atoms with Crippen LogP contribution in [0, 0.1) is 0 Å². The molecular weight excluding hydrogens is 316 g/mol. The van der Waals surface area contributed by atoms with Crippen molar-refractivity contribution in [3.8, 4) is 0 Å². The third-order valence-electron chi connectivity index (χ3n) is 3.58. The maximum absolute atomic E-state index is 10.2. The average Bonchev–Trinajstić information content (AvgIpc) is 2.75. The Bertz CT molecular complexity index is 551. The maximum Gasteiger partial charge on any atom is 0.0790 e. The Kier molecular flexibility index (Phi) is 5.38.